The molecule has 0 atom stereocenters. The standard InChI is InChI=1S/C14H16N/c1-2-3-4-8-13-11-10-12-7-5-6-9-14(12)15-13/h5-7,9,11H,2-4,8H2,1H3. The van der Waals surface area contributed by atoms with Gasteiger partial charge >= 0.3 is 0 Å². The van der Waals surface area contributed by atoms with Crippen LogP contribution in [0, 0.1) is 6.07 Å². The molecule has 0 fully saturated rings. The Morgan fingerprint density at radius 3 is 2.93 bits per heavy atom. The first-order valence-electron chi connectivity index (χ1n) is 5.66. The fourth-order valence-electron chi connectivity index (χ4n) is 1.73. The lowest BCUT2D eigenvalue weighted by Crippen LogP contribution is -1.90. The summed E-state index contributed by atoms with van der Waals surface area (Å²) in [4.78, 5) is 4.62. The molecule has 15 heavy (non-hydrogen) atoms. The van der Waals surface area contributed by atoms with E-state index in [-0.39, 0.29) is 0 Å². The number of fused-ring (bicyclic) bond motifs is 1. The number of unbranched alkanes of at least 4 members (excludes halogenated alkanes) is 2. The highest BCUT2D eigenvalue weighted by Gasteiger charge is 1.97. The molecule has 0 unspecified atom stereocenters. The van der Waals surface area contributed by atoms with Crippen LogP contribution in [0.5, 0.6) is 0 Å². The van der Waals surface area contributed by atoms with Crippen molar-refractivity contribution in [3.63, 3.8) is 0 Å². The van der Waals surface area contributed by atoms with Crippen LogP contribution in [0.2, 0.25) is 0 Å². The van der Waals surface area contributed by atoms with E-state index < -0.39 is 0 Å². The van der Waals surface area contributed by atoms with Crippen molar-refractivity contribution >= 4 is 10.9 Å². The topological polar surface area (TPSA) is 12.9 Å². The molecule has 0 amide bonds. The van der Waals surface area contributed by atoms with Gasteiger partial charge in [-0.1, -0.05) is 38.0 Å². The van der Waals surface area contributed by atoms with Crippen LogP contribution < -0.4 is 0 Å². The maximum absolute atomic E-state index is 4.62. The number of benzene rings is 1. The first kappa shape index (κ1) is 10.2. The van der Waals surface area contributed by atoms with Gasteiger partial charge in [-0.05, 0) is 31.0 Å². The van der Waals surface area contributed by atoms with Crippen LogP contribution >= 0.6 is 0 Å². The van der Waals surface area contributed by atoms with Crippen LogP contribution in [0.1, 0.15) is 31.9 Å². The molecule has 0 aliphatic rings. The zero-order valence-corrected chi connectivity index (χ0v) is 9.16. The summed E-state index contributed by atoms with van der Waals surface area (Å²) in [7, 11) is 0. The van der Waals surface area contributed by atoms with E-state index in [0.717, 1.165) is 17.3 Å². The molecule has 0 saturated heterocycles. The highest BCUT2D eigenvalue weighted by molar-refractivity contribution is 5.77. The van der Waals surface area contributed by atoms with E-state index in [1.165, 1.54) is 25.0 Å². The Kier molecular flexibility index (Phi) is 3.33. The second-order valence-corrected chi connectivity index (χ2v) is 3.87. The lowest BCUT2D eigenvalue weighted by Gasteiger charge is -2.01. The number of nitrogens with zero attached hydrogens (tertiary/aromatic N) is 1. The first-order chi connectivity index (χ1) is 7.40. The zero-order valence-electron chi connectivity index (χ0n) is 9.16. The number of aromatic nitrogens is 1. The van der Waals surface area contributed by atoms with E-state index in [1.807, 2.05) is 18.2 Å². The van der Waals surface area contributed by atoms with E-state index in [4.69, 9.17) is 0 Å². The van der Waals surface area contributed by atoms with Gasteiger partial charge in [-0.25, -0.2) is 0 Å². The van der Waals surface area contributed by atoms with Crippen molar-refractivity contribution in [2.75, 3.05) is 0 Å². The minimum atomic E-state index is 1.06. The van der Waals surface area contributed by atoms with Crippen LogP contribution in [0.15, 0.2) is 30.3 Å². The van der Waals surface area contributed by atoms with Crippen molar-refractivity contribution in [2.45, 2.75) is 32.6 Å². The lowest BCUT2D eigenvalue weighted by atomic mass is 10.1. The smallest absolute Gasteiger partial charge is 0.0711 e. The van der Waals surface area contributed by atoms with Crippen molar-refractivity contribution in [2.24, 2.45) is 0 Å². The third kappa shape index (κ3) is 2.56. The molecule has 1 radical (unpaired) electrons. The Morgan fingerprint density at radius 2 is 2.07 bits per heavy atom. The highest BCUT2D eigenvalue weighted by Crippen LogP contribution is 2.12. The van der Waals surface area contributed by atoms with Gasteiger partial charge in [-0.15, -0.1) is 0 Å². The van der Waals surface area contributed by atoms with E-state index in [0.29, 0.717) is 0 Å². The van der Waals surface area contributed by atoms with Gasteiger partial charge in [0.15, 0.2) is 0 Å². The molecule has 77 valence electrons. The fourth-order valence-corrected chi connectivity index (χ4v) is 1.73. The molecule has 1 heterocycles. The highest BCUT2D eigenvalue weighted by atomic mass is 14.7. The summed E-state index contributed by atoms with van der Waals surface area (Å²) in [6, 6.07) is 13.5. The van der Waals surface area contributed by atoms with Gasteiger partial charge in [0.05, 0.1) is 5.52 Å². The van der Waals surface area contributed by atoms with Crippen LogP contribution in [-0.2, 0) is 6.42 Å². The average molecular weight is 198 g/mol. The number of hydrogen-bond acceptors (Lipinski definition) is 1. The van der Waals surface area contributed by atoms with Gasteiger partial charge < -0.3 is 0 Å². The number of rotatable bonds is 4. The minimum absolute atomic E-state index is 1.06. The van der Waals surface area contributed by atoms with E-state index in [1.54, 1.807) is 0 Å². The molecule has 0 saturated carbocycles. The normalized spacial score (nSPS) is 10.7. The van der Waals surface area contributed by atoms with Crippen molar-refractivity contribution < 1.29 is 0 Å². The Bertz CT molecular complexity index is 434. The minimum Gasteiger partial charge on any atom is -0.253 e. The predicted octanol–water partition coefficient (Wildman–Crippen LogP) is 3.77. The Labute approximate surface area is 91.2 Å². The summed E-state index contributed by atoms with van der Waals surface area (Å²) in [5.74, 6) is 0. The molecule has 1 nitrogen and oxygen atoms in total. The van der Waals surface area contributed by atoms with Crippen molar-refractivity contribution in [1.82, 2.24) is 4.98 Å². The van der Waals surface area contributed by atoms with Gasteiger partial charge in [0.1, 0.15) is 0 Å². The Hall–Kier alpha value is -1.37. The summed E-state index contributed by atoms with van der Waals surface area (Å²) in [5.41, 5.74) is 2.23. The fraction of sp³-hybridized carbons (Fsp3) is 0.357. The SMILES string of the molecule is CCCCCc1c[c]c2ccccc2n1. The van der Waals surface area contributed by atoms with Crippen molar-refractivity contribution in [1.29, 1.82) is 0 Å². The van der Waals surface area contributed by atoms with Gasteiger partial charge in [0.2, 0.25) is 0 Å². The summed E-state index contributed by atoms with van der Waals surface area (Å²) in [5, 5.41) is 1.11. The van der Waals surface area contributed by atoms with Crippen LogP contribution in [-0.4, -0.2) is 4.98 Å². The predicted molar refractivity (Wildman–Crippen MR) is 63.8 cm³/mol. The van der Waals surface area contributed by atoms with Crippen LogP contribution in [0.4, 0.5) is 0 Å². The van der Waals surface area contributed by atoms with E-state index in [2.05, 4.69) is 30.1 Å². The molecule has 0 spiro atoms. The second-order valence-electron chi connectivity index (χ2n) is 3.87. The summed E-state index contributed by atoms with van der Waals surface area (Å²) >= 11 is 0. The molecular formula is C14H16N. The molecule has 0 bridgehead atoms. The second kappa shape index (κ2) is 4.92. The summed E-state index contributed by atoms with van der Waals surface area (Å²) in [6.45, 7) is 2.22. The molecule has 0 aliphatic carbocycles. The third-order valence-corrected chi connectivity index (χ3v) is 2.60. The monoisotopic (exact) mass is 198 g/mol. The van der Waals surface area contributed by atoms with Gasteiger partial charge in [-0.3, -0.25) is 4.98 Å². The molecule has 1 heteroatoms. The molecular weight excluding hydrogens is 182 g/mol. The van der Waals surface area contributed by atoms with Gasteiger partial charge in [0, 0.05) is 11.1 Å². The molecule has 0 N–H and O–H groups in total. The number of pyridine rings is 1. The largest absolute Gasteiger partial charge is 0.253 e. The number of para-hydroxylation sites is 1. The van der Waals surface area contributed by atoms with Gasteiger partial charge in [-0.2, -0.15) is 0 Å². The maximum atomic E-state index is 4.62. The van der Waals surface area contributed by atoms with E-state index in [9.17, 15) is 0 Å². The molecule has 1 aromatic carbocycles. The van der Waals surface area contributed by atoms with Crippen LogP contribution in [0.3, 0.4) is 0 Å². The Balaban J connectivity index is 2.16. The number of aryl methyl sites for hydroxylation is 1. The lowest BCUT2D eigenvalue weighted by molar-refractivity contribution is 0.709. The summed E-state index contributed by atoms with van der Waals surface area (Å²) < 4.78 is 0. The Morgan fingerprint density at radius 1 is 1.20 bits per heavy atom. The van der Waals surface area contributed by atoms with Crippen molar-refractivity contribution in [3.05, 3.63) is 42.1 Å². The molecule has 2 rings (SSSR count). The average Bonchev–Trinajstić information content (AvgIpc) is 2.29. The third-order valence-electron chi connectivity index (χ3n) is 2.60. The molecule has 0 aliphatic heterocycles. The molecule has 2 aromatic rings. The zero-order chi connectivity index (χ0) is 10.5. The quantitative estimate of drug-likeness (QED) is 0.681. The van der Waals surface area contributed by atoms with Crippen LogP contribution in [0.25, 0.3) is 10.9 Å². The van der Waals surface area contributed by atoms with Gasteiger partial charge in [0.25, 0.3) is 0 Å². The molecule has 1 aromatic heterocycles. The van der Waals surface area contributed by atoms with Crippen molar-refractivity contribution in [3.8, 4) is 0 Å². The maximum Gasteiger partial charge on any atom is 0.0711 e. The van der Waals surface area contributed by atoms with E-state index >= 15 is 0 Å². The first-order valence-corrected chi connectivity index (χ1v) is 5.66. The number of hydrogen-bond donors (Lipinski definition) is 0. The summed E-state index contributed by atoms with van der Waals surface area (Å²) in [6.07, 6.45) is 4.86.